The van der Waals surface area contributed by atoms with Gasteiger partial charge in [-0.2, -0.15) is 0 Å². The summed E-state index contributed by atoms with van der Waals surface area (Å²) in [5.41, 5.74) is 2.13. The van der Waals surface area contributed by atoms with Crippen molar-refractivity contribution in [2.45, 2.75) is 39.4 Å². The van der Waals surface area contributed by atoms with Crippen LogP contribution in [-0.2, 0) is 16.1 Å². The van der Waals surface area contributed by atoms with Crippen molar-refractivity contribution in [1.82, 2.24) is 9.80 Å². The van der Waals surface area contributed by atoms with Crippen molar-refractivity contribution in [2.75, 3.05) is 39.8 Å². The van der Waals surface area contributed by atoms with E-state index in [9.17, 15) is 4.79 Å². The SMILES string of the molecule is COc1cccc(C(CN2CCN(C(=O)CCC(C)C)CC2)OCc2cccc(Cl)c2)c1. The van der Waals surface area contributed by atoms with Crippen LogP contribution in [0.25, 0.3) is 0 Å². The van der Waals surface area contributed by atoms with Crippen molar-refractivity contribution in [2.24, 2.45) is 5.92 Å². The highest BCUT2D eigenvalue weighted by atomic mass is 35.5. The molecular weight excluding hydrogens is 424 g/mol. The maximum absolute atomic E-state index is 12.5. The molecule has 0 saturated carbocycles. The molecule has 1 aliphatic rings. The summed E-state index contributed by atoms with van der Waals surface area (Å²) >= 11 is 6.14. The molecule has 2 aromatic carbocycles. The Morgan fingerprint density at radius 1 is 1.06 bits per heavy atom. The van der Waals surface area contributed by atoms with Crippen molar-refractivity contribution in [3.8, 4) is 5.75 Å². The minimum atomic E-state index is -0.104. The maximum Gasteiger partial charge on any atom is 0.222 e. The topological polar surface area (TPSA) is 42.0 Å². The zero-order valence-corrected chi connectivity index (χ0v) is 20.2. The Balaban J connectivity index is 1.62. The number of halogens is 1. The Morgan fingerprint density at radius 3 is 2.50 bits per heavy atom. The van der Waals surface area contributed by atoms with Crippen LogP contribution in [0, 0.1) is 5.92 Å². The Labute approximate surface area is 197 Å². The number of carbonyl (C=O) groups excluding carboxylic acids is 1. The third-order valence-electron chi connectivity index (χ3n) is 5.89. The molecule has 6 heteroatoms. The largest absolute Gasteiger partial charge is 0.497 e. The van der Waals surface area contributed by atoms with E-state index in [1.807, 2.05) is 47.4 Å². The molecule has 0 spiro atoms. The van der Waals surface area contributed by atoms with Gasteiger partial charge in [-0.3, -0.25) is 9.69 Å². The highest BCUT2D eigenvalue weighted by Gasteiger charge is 2.24. The van der Waals surface area contributed by atoms with Crippen LogP contribution in [-0.4, -0.2) is 55.5 Å². The fraction of sp³-hybridized carbons (Fsp3) is 0.500. The van der Waals surface area contributed by atoms with Crippen LogP contribution in [0.2, 0.25) is 5.02 Å². The molecular formula is C26H35ClN2O3. The number of methoxy groups -OCH3 is 1. The number of ether oxygens (including phenoxy) is 2. The van der Waals surface area contributed by atoms with Gasteiger partial charge in [0.25, 0.3) is 0 Å². The summed E-state index contributed by atoms with van der Waals surface area (Å²) in [6.07, 6.45) is 1.49. The number of piperazine rings is 1. The number of amides is 1. The number of nitrogens with zero attached hydrogens (tertiary/aromatic N) is 2. The van der Waals surface area contributed by atoms with Crippen LogP contribution in [0.4, 0.5) is 0 Å². The second kappa shape index (κ2) is 12.2. The molecule has 3 rings (SSSR count). The minimum absolute atomic E-state index is 0.104. The summed E-state index contributed by atoms with van der Waals surface area (Å²) in [4.78, 5) is 16.9. The number of hydrogen-bond donors (Lipinski definition) is 0. The zero-order chi connectivity index (χ0) is 22.9. The summed E-state index contributed by atoms with van der Waals surface area (Å²) in [5.74, 6) is 1.65. The van der Waals surface area contributed by atoms with Crippen LogP contribution >= 0.6 is 11.6 Å². The average molecular weight is 459 g/mol. The first-order chi connectivity index (χ1) is 15.4. The second-order valence-electron chi connectivity index (χ2n) is 8.82. The van der Waals surface area contributed by atoms with E-state index in [0.29, 0.717) is 24.0 Å². The van der Waals surface area contributed by atoms with E-state index in [2.05, 4.69) is 24.8 Å². The van der Waals surface area contributed by atoms with Gasteiger partial charge in [0.15, 0.2) is 0 Å². The quantitative estimate of drug-likeness (QED) is 0.491. The van der Waals surface area contributed by atoms with Crippen LogP contribution in [0.15, 0.2) is 48.5 Å². The number of rotatable bonds is 10. The molecule has 0 aliphatic carbocycles. The van der Waals surface area contributed by atoms with Crippen LogP contribution < -0.4 is 4.74 Å². The monoisotopic (exact) mass is 458 g/mol. The Bertz CT molecular complexity index is 866. The summed E-state index contributed by atoms with van der Waals surface area (Å²) in [7, 11) is 1.68. The smallest absolute Gasteiger partial charge is 0.222 e. The Morgan fingerprint density at radius 2 is 1.81 bits per heavy atom. The second-order valence-corrected chi connectivity index (χ2v) is 9.26. The van der Waals surface area contributed by atoms with Crippen molar-refractivity contribution < 1.29 is 14.3 Å². The fourth-order valence-corrected chi connectivity index (χ4v) is 4.12. The molecule has 0 N–H and O–H groups in total. The van der Waals surface area contributed by atoms with Crippen molar-refractivity contribution in [3.05, 3.63) is 64.7 Å². The van der Waals surface area contributed by atoms with E-state index >= 15 is 0 Å². The lowest BCUT2D eigenvalue weighted by molar-refractivity contribution is -0.133. The van der Waals surface area contributed by atoms with E-state index < -0.39 is 0 Å². The van der Waals surface area contributed by atoms with E-state index in [4.69, 9.17) is 21.1 Å². The van der Waals surface area contributed by atoms with Gasteiger partial charge in [0.2, 0.25) is 5.91 Å². The molecule has 32 heavy (non-hydrogen) atoms. The summed E-state index contributed by atoms with van der Waals surface area (Å²) in [6.45, 7) is 8.83. The molecule has 1 saturated heterocycles. The van der Waals surface area contributed by atoms with E-state index in [1.165, 1.54) is 0 Å². The van der Waals surface area contributed by atoms with Gasteiger partial charge in [0.1, 0.15) is 5.75 Å². The molecule has 2 aromatic rings. The van der Waals surface area contributed by atoms with E-state index in [-0.39, 0.29) is 12.0 Å². The summed E-state index contributed by atoms with van der Waals surface area (Å²) in [6, 6.07) is 15.8. The third kappa shape index (κ3) is 7.51. The van der Waals surface area contributed by atoms with Crippen molar-refractivity contribution in [1.29, 1.82) is 0 Å². The van der Waals surface area contributed by atoms with Gasteiger partial charge in [-0.25, -0.2) is 0 Å². The van der Waals surface area contributed by atoms with Gasteiger partial charge in [0, 0.05) is 44.2 Å². The van der Waals surface area contributed by atoms with Crippen LogP contribution in [0.3, 0.4) is 0 Å². The van der Waals surface area contributed by atoms with Crippen LogP contribution in [0.1, 0.15) is 43.9 Å². The van der Waals surface area contributed by atoms with Gasteiger partial charge in [-0.1, -0.05) is 49.7 Å². The number of hydrogen-bond acceptors (Lipinski definition) is 4. The normalized spacial score (nSPS) is 15.7. The maximum atomic E-state index is 12.5. The van der Waals surface area contributed by atoms with Gasteiger partial charge in [-0.15, -0.1) is 0 Å². The summed E-state index contributed by atoms with van der Waals surface area (Å²) in [5, 5.41) is 0.710. The predicted molar refractivity (Wildman–Crippen MR) is 129 cm³/mol. The molecule has 1 atom stereocenters. The summed E-state index contributed by atoms with van der Waals surface area (Å²) < 4.78 is 11.8. The zero-order valence-electron chi connectivity index (χ0n) is 19.4. The predicted octanol–water partition coefficient (Wildman–Crippen LogP) is 5.19. The Kier molecular flexibility index (Phi) is 9.39. The average Bonchev–Trinajstić information content (AvgIpc) is 2.80. The number of benzene rings is 2. The van der Waals surface area contributed by atoms with Gasteiger partial charge in [0.05, 0.1) is 19.8 Å². The molecule has 0 bridgehead atoms. The molecule has 0 radical (unpaired) electrons. The van der Waals surface area contributed by atoms with E-state index in [1.54, 1.807) is 7.11 Å². The standard InChI is InChI=1S/C26H35ClN2O3/c1-20(2)10-11-26(30)29-14-12-28(13-15-29)18-25(22-7-5-9-24(17-22)31-3)32-19-21-6-4-8-23(27)16-21/h4-9,16-17,20,25H,10-15,18-19H2,1-3H3. The van der Waals surface area contributed by atoms with E-state index in [0.717, 1.165) is 56.0 Å². The van der Waals surface area contributed by atoms with Crippen molar-refractivity contribution >= 4 is 17.5 Å². The molecule has 1 heterocycles. The molecule has 1 aliphatic heterocycles. The highest BCUT2D eigenvalue weighted by Crippen LogP contribution is 2.25. The lowest BCUT2D eigenvalue weighted by Gasteiger charge is -2.36. The number of carbonyl (C=O) groups is 1. The van der Waals surface area contributed by atoms with Crippen molar-refractivity contribution in [3.63, 3.8) is 0 Å². The molecule has 174 valence electrons. The van der Waals surface area contributed by atoms with Gasteiger partial charge < -0.3 is 14.4 Å². The first kappa shape index (κ1) is 24.6. The fourth-order valence-electron chi connectivity index (χ4n) is 3.90. The lowest BCUT2D eigenvalue weighted by Crippen LogP contribution is -2.49. The molecule has 1 amide bonds. The first-order valence-electron chi connectivity index (χ1n) is 11.4. The molecule has 0 aromatic heterocycles. The highest BCUT2D eigenvalue weighted by molar-refractivity contribution is 6.30. The lowest BCUT2D eigenvalue weighted by atomic mass is 10.1. The molecule has 5 nitrogen and oxygen atoms in total. The van der Waals surface area contributed by atoms with Gasteiger partial charge >= 0.3 is 0 Å². The van der Waals surface area contributed by atoms with Crippen LogP contribution in [0.5, 0.6) is 5.75 Å². The van der Waals surface area contributed by atoms with Gasteiger partial charge in [-0.05, 0) is 47.7 Å². The molecule has 1 fully saturated rings. The first-order valence-corrected chi connectivity index (χ1v) is 11.8. The third-order valence-corrected chi connectivity index (χ3v) is 6.13. The molecule has 1 unspecified atom stereocenters. The Hall–Kier alpha value is -2.08. The minimum Gasteiger partial charge on any atom is -0.497 e.